The fourth-order valence-corrected chi connectivity index (χ4v) is 7.40. The lowest BCUT2D eigenvalue weighted by Gasteiger charge is -2.26. The molecular weight excluding hydrogens is 531 g/mol. The van der Waals surface area contributed by atoms with Crippen LogP contribution >= 0.6 is 23.2 Å². The third kappa shape index (κ3) is 4.26. The van der Waals surface area contributed by atoms with Gasteiger partial charge in [0.2, 0.25) is 0 Å². The van der Waals surface area contributed by atoms with E-state index in [-0.39, 0.29) is 0 Å². The summed E-state index contributed by atoms with van der Waals surface area (Å²) in [5.74, 6) is 0.381. The van der Waals surface area contributed by atoms with Gasteiger partial charge in [-0.1, -0.05) is 96.0 Å². The van der Waals surface area contributed by atoms with Crippen molar-refractivity contribution in [1.29, 1.82) is 0 Å². The van der Waals surface area contributed by atoms with E-state index in [1.54, 1.807) is 0 Å². The molecule has 0 N–H and O–H groups in total. The number of hydrogen-bond acceptors (Lipinski definition) is 0. The van der Waals surface area contributed by atoms with Gasteiger partial charge in [-0.05, 0) is 79.1 Å². The molecule has 1 aliphatic carbocycles. The highest BCUT2D eigenvalue weighted by Crippen LogP contribution is 2.44. The van der Waals surface area contributed by atoms with Gasteiger partial charge in [-0.15, -0.1) is 0 Å². The highest BCUT2D eigenvalue weighted by atomic mass is 35.5. The van der Waals surface area contributed by atoms with E-state index in [4.69, 9.17) is 23.2 Å². The van der Waals surface area contributed by atoms with Crippen LogP contribution < -0.4 is 0 Å². The Morgan fingerprint density at radius 2 is 1.30 bits per heavy atom. The quantitative estimate of drug-likeness (QED) is 0.198. The molecule has 0 saturated heterocycles. The normalized spacial score (nSPS) is 15.2. The molecule has 40 heavy (non-hydrogen) atoms. The van der Waals surface area contributed by atoms with Gasteiger partial charge in [-0.25, -0.2) is 0 Å². The van der Waals surface area contributed by atoms with E-state index < -0.39 is 0 Å². The van der Waals surface area contributed by atoms with Crippen LogP contribution in [-0.4, -0.2) is 9.13 Å². The molecule has 1 aliphatic rings. The highest BCUT2D eigenvalue weighted by molar-refractivity contribution is 6.36. The average molecular weight is 564 g/mol. The molecule has 0 aliphatic heterocycles. The topological polar surface area (TPSA) is 9.86 Å². The van der Waals surface area contributed by atoms with Gasteiger partial charge in [0.25, 0.3) is 0 Å². The second-order valence-corrected chi connectivity index (χ2v) is 12.1. The molecule has 1 unspecified atom stereocenters. The largest absolute Gasteiger partial charge is 0.340 e. The van der Waals surface area contributed by atoms with Gasteiger partial charge >= 0.3 is 0 Å². The molecule has 1 atom stereocenters. The fraction of sp³-hybridized carbons (Fsp3) is 0.222. The van der Waals surface area contributed by atoms with Gasteiger partial charge in [0.15, 0.2) is 0 Å². The number of nitrogens with zero attached hydrogens (tertiary/aromatic N) is 2. The maximum atomic E-state index is 6.98. The summed E-state index contributed by atoms with van der Waals surface area (Å²) in [6.45, 7) is 6.11. The van der Waals surface area contributed by atoms with Gasteiger partial charge in [0, 0.05) is 46.2 Å². The molecule has 6 aromatic rings. The first-order valence-electron chi connectivity index (χ1n) is 14.1. The Kier molecular flexibility index (Phi) is 6.49. The number of hydrogen-bond donors (Lipinski definition) is 0. The average Bonchev–Trinajstić information content (AvgIpc) is 3.51. The van der Waals surface area contributed by atoms with Crippen LogP contribution in [0.1, 0.15) is 51.5 Å². The molecule has 0 bridgehead atoms. The molecular formula is C36H32Cl2N2. The van der Waals surface area contributed by atoms with E-state index in [0.717, 1.165) is 47.8 Å². The molecule has 4 heteroatoms. The van der Waals surface area contributed by atoms with Gasteiger partial charge in [0.05, 0.1) is 16.1 Å². The fourth-order valence-electron chi connectivity index (χ4n) is 6.92. The smallest absolute Gasteiger partial charge is 0.0533 e. The van der Waals surface area contributed by atoms with Gasteiger partial charge in [0.1, 0.15) is 0 Å². The van der Waals surface area contributed by atoms with Crippen LogP contribution in [-0.2, 0) is 25.9 Å². The molecule has 4 aromatic carbocycles. The number of halogens is 2. The van der Waals surface area contributed by atoms with Gasteiger partial charge in [-0.2, -0.15) is 0 Å². The first-order chi connectivity index (χ1) is 19.5. The molecule has 0 amide bonds. The molecule has 0 saturated carbocycles. The van der Waals surface area contributed by atoms with E-state index in [1.165, 1.54) is 55.6 Å². The third-order valence-corrected chi connectivity index (χ3v) is 9.42. The van der Waals surface area contributed by atoms with Crippen LogP contribution in [0.3, 0.4) is 0 Å². The molecule has 0 spiro atoms. The highest BCUT2D eigenvalue weighted by Gasteiger charge is 2.30. The van der Waals surface area contributed by atoms with Crippen molar-refractivity contribution >= 4 is 45.0 Å². The molecule has 200 valence electrons. The van der Waals surface area contributed by atoms with Crippen LogP contribution in [0.4, 0.5) is 0 Å². The zero-order chi connectivity index (χ0) is 27.4. The first kappa shape index (κ1) is 25.5. The Bertz CT molecular complexity index is 1860. The molecule has 2 aromatic heterocycles. The van der Waals surface area contributed by atoms with Crippen molar-refractivity contribution in [1.82, 2.24) is 9.13 Å². The molecule has 0 fully saturated rings. The Balaban J connectivity index is 1.38. The summed E-state index contributed by atoms with van der Waals surface area (Å²) in [7, 11) is 0. The zero-order valence-electron chi connectivity index (χ0n) is 22.9. The van der Waals surface area contributed by atoms with Crippen LogP contribution in [0.2, 0.25) is 10.0 Å². The predicted molar refractivity (Wildman–Crippen MR) is 169 cm³/mol. The standard InChI is InChI=1S/C36H32Cl2N2/c1-23-13-16-30(37)28-20-33(40(35(23)28)22-26-11-7-4-8-12-26)27-15-18-32-29(19-27)34-31(38)17-14-24(2)36(34)39(32)21-25-9-5-3-6-10-25/h3-14,16-17,20,27H,15,18-19,21-22H2,1-2H3. The molecule has 7 rings (SSSR count). The maximum Gasteiger partial charge on any atom is 0.0533 e. The summed E-state index contributed by atoms with van der Waals surface area (Å²) in [5, 5.41) is 4.06. The van der Waals surface area contributed by atoms with Crippen LogP contribution in [0.5, 0.6) is 0 Å². The SMILES string of the molecule is Cc1ccc(Cl)c2cc(C3CCc4c(c5c(Cl)ccc(C)c5n4Cc4ccccc4)C3)n(Cc3ccccc3)c12. The monoisotopic (exact) mass is 562 g/mol. The zero-order valence-corrected chi connectivity index (χ0v) is 24.4. The van der Waals surface area contributed by atoms with E-state index in [0.29, 0.717) is 5.92 Å². The first-order valence-corrected chi connectivity index (χ1v) is 14.9. The Morgan fingerprint density at radius 1 is 0.700 bits per heavy atom. The lowest BCUT2D eigenvalue weighted by molar-refractivity contribution is 0.532. The van der Waals surface area contributed by atoms with Crippen molar-refractivity contribution in [3.63, 3.8) is 0 Å². The summed E-state index contributed by atoms with van der Waals surface area (Å²) in [5.41, 5.74) is 11.9. The van der Waals surface area contributed by atoms with Gasteiger partial charge < -0.3 is 9.13 Å². The van der Waals surface area contributed by atoms with E-state index >= 15 is 0 Å². The Morgan fingerprint density at radius 3 is 1.98 bits per heavy atom. The van der Waals surface area contributed by atoms with Crippen molar-refractivity contribution in [3.05, 3.63) is 140 Å². The minimum Gasteiger partial charge on any atom is -0.340 e. The van der Waals surface area contributed by atoms with Crippen LogP contribution in [0, 0.1) is 13.8 Å². The summed E-state index contributed by atoms with van der Waals surface area (Å²) < 4.78 is 5.06. The summed E-state index contributed by atoms with van der Waals surface area (Å²) in [4.78, 5) is 0. The van der Waals surface area contributed by atoms with Crippen molar-refractivity contribution in [2.75, 3.05) is 0 Å². The lowest BCUT2D eigenvalue weighted by Crippen LogP contribution is -2.18. The van der Waals surface area contributed by atoms with E-state index in [2.05, 4.69) is 108 Å². The van der Waals surface area contributed by atoms with Crippen molar-refractivity contribution < 1.29 is 0 Å². The Hall–Kier alpha value is -3.46. The summed E-state index contributed by atoms with van der Waals surface area (Å²) >= 11 is 13.8. The number of fused-ring (bicyclic) bond motifs is 4. The molecule has 2 nitrogen and oxygen atoms in total. The van der Waals surface area contributed by atoms with Crippen molar-refractivity contribution in [2.45, 2.75) is 52.1 Å². The van der Waals surface area contributed by atoms with Crippen LogP contribution in [0.25, 0.3) is 21.8 Å². The number of benzene rings is 4. The summed E-state index contributed by atoms with van der Waals surface area (Å²) in [6.07, 6.45) is 3.09. The third-order valence-electron chi connectivity index (χ3n) is 8.78. The minimum absolute atomic E-state index is 0.381. The van der Waals surface area contributed by atoms with Crippen molar-refractivity contribution in [2.24, 2.45) is 0 Å². The second kappa shape index (κ2) is 10.2. The summed E-state index contributed by atoms with van der Waals surface area (Å²) in [6, 6.07) is 32.3. The van der Waals surface area contributed by atoms with Gasteiger partial charge in [-0.3, -0.25) is 0 Å². The maximum absolute atomic E-state index is 6.98. The van der Waals surface area contributed by atoms with E-state index in [1.807, 2.05) is 6.07 Å². The van der Waals surface area contributed by atoms with Crippen LogP contribution in [0.15, 0.2) is 91.0 Å². The van der Waals surface area contributed by atoms with E-state index in [9.17, 15) is 0 Å². The number of rotatable bonds is 5. The second-order valence-electron chi connectivity index (χ2n) is 11.3. The molecule has 2 heterocycles. The Labute approximate surface area is 245 Å². The number of aryl methyl sites for hydroxylation is 2. The number of aromatic nitrogens is 2. The minimum atomic E-state index is 0.381. The lowest BCUT2D eigenvalue weighted by atomic mass is 9.84. The van der Waals surface area contributed by atoms with Crippen molar-refractivity contribution in [3.8, 4) is 0 Å². The predicted octanol–water partition coefficient (Wildman–Crippen LogP) is 9.89. The molecule has 0 radical (unpaired) electrons.